The van der Waals surface area contributed by atoms with Crippen molar-refractivity contribution in [3.8, 4) is 0 Å². The smallest absolute Gasteiger partial charge is 0.0398 e. The van der Waals surface area contributed by atoms with Crippen molar-refractivity contribution in [3.63, 3.8) is 0 Å². The Balaban J connectivity index is 0.00000108. The lowest BCUT2D eigenvalue weighted by Gasteiger charge is -2.13. The van der Waals surface area contributed by atoms with Gasteiger partial charge in [0, 0.05) is 36.1 Å². The van der Waals surface area contributed by atoms with E-state index in [0.29, 0.717) is 6.04 Å². The highest BCUT2D eigenvalue weighted by Crippen LogP contribution is 2.19. The van der Waals surface area contributed by atoms with Crippen LogP contribution in [0.4, 0.5) is 5.69 Å². The Morgan fingerprint density at radius 3 is 3.00 bits per heavy atom. The van der Waals surface area contributed by atoms with E-state index in [1.54, 1.807) is 0 Å². The maximum absolute atomic E-state index is 4.12. The summed E-state index contributed by atoms with van der Waals surface area (Å²) in [7, 11) is 0. The molecule has 1 atom stereocenters. The van der Waals surface area contributed by atoms with E-state index in [1.165, 1.54) is 22.9 Å². The number of hydrogen-bond acceptors (Lipinski definition) is 3. The lowest BCUT2D eigenvalue weighted by Crippen LogP contribution is -2.21. The molecule has 17 heavy (non-hydrogen) atoms. The number of anilines is 1. The Morgan fingerprint density at radius 1 is 1.24 bits per heavy atom. The number of benzene rings is 1. The molecule has 2 N–H and O–H groups in total. The van der Waals surface area contributed by atoms with Gasteiger partial charge >= 0.3 is 0 Å². The summed E-state index contributed by atoms with van der Waals surface area (Å²) in [5.74, 6) is 0. The Kier molecular flexibility index (Phi) is 3.82. The van der Waals surface area contributed by atoms with Crippen LogP contribution in [-0.4, -0.2) is 24.1 Å². The molecule has 2 aromatic rings. The van der Waals surface area contributed by atoms with Crippen molar-refractivity contribution in [2.24, 2.45) is 0 Å². The Morgan fingerprint density at radius 2 is 2.18 bits per heavy atom. The van der Waals surface area contributed by atoms with Gasteiger partial charge < -0.3 is 10.6 Å². The molecule has 3 rings (SSSR count). The fourth-order valence-electron chi connectivity index (χ4n) is 2.19. The summed E-state index contributed by atoms with van der Waals surface area (Å²) in [5, 5.41) is 9.34. The molecule has 1 aromatic carbocycles. The minimum atomic E-state index is 0. The average Bonchev–Trinajstić information content (AvgIpc) is 2.82. The van der Waals surface area contributed by atoms with Crippen LogP contribution in [0, 0.1) is 0 Å². The van der Waals surface area contributed by atoms with Crippen LogP contribution in [-0.2, 0) is 0 Å². The van der Waals surface area contributed by atoms with Gasteiger partial charge in [-0.3, -0.25) is 4.98 Å². The molecule has 0 aliphatic carbocycles. The van der Waals surface area contributed by atoms with Crippen LogP contribution in [0.15, 0.2) is 36.7 Å². The van der Waals surface area contributed by atoms with Crippen molar-refractivity contribution in [2.45, 2.75) is 12.5 Å². The van der Waals surface area contributed by atoms with Crippen LogP contribution in [0.5, 0.6) is 0 Å². The first-order valence-electron chi connectivity index (χ1n) is 5.73. The number of nitrogens with zero attached hydrogens (tertiary/aromatic N) is 1. The van der Waals surface area contributed by atoms with Crippen LogP contribution in [0.1, 0.15) is 6.42 Å². The van der Waals surface area contributed by atoms with Gasteiger partial charge in [-0.1, -0.05) is 6.07 Å². The number of rotatable bonds is 2. The monoisotopic (exact) mass is 249 g/mol. The largest absolute Gasteiger partial charge is 0.381 e. The van der Waals surface area contributed by atoms with Gasteiger partial charge in [-0.2, -0.15) is 0 Å². The van der Waals surface area contributed by atoms with Crippen molar-refractivity contribution in [2.75, 3.05) is 18.4 Å². The first-order valence-corrected chi connectivity index (χ1v) is 5.73. The molecule has 1 saturated heterocycles. The fraction of sp³-hybridized carbons (Fsp3) is 0.308. The molecule has 90 valence electrons. The van der Waals surface area contributed by atoms with Gasteiger partial charge in [0.05, 0.1) is 0 Å². The molecule has 1 fully saturated rings. The predicted molar refractivity (Wildman–Crippen MR) is 73.9 cm³/mol. The van der Waals surface area contributed by atoms with E-state index in [1.807, 2.05) is 18.5 Å². The molecule has 4 heteroatoms. The highest BCUT2D eigenvalue weighted by molar-refractivity contribution is 5.85. The van der Waals surface area contributed by atoms with Crippen molar-refractivity contribution < 1.29 is 0 Å². The van der Waals surface area contributed by atoms with Gasteiger partial charge in [0.15, 0.2) is 0 Å². The molecule has 0 spiro atoms. The van der Waals surface area contributed by atoms with Crippen LogP contribution in [0.3, 0.4) is 0 Å². The third-order valence-corrected chi connectivity index (χ3v) is 3.07. The molecule has 1 aromatic heterocycles. The number of fused-ring (bicyclic) bond motifs is 1. The normalized spacial score (nSPS) is 18.9. The van der Waals surface area contributed by atoms with E-state index in [0.717, 1.165) is 13.1 Å². The van der Waals surface area contributed by atoms with Crippen molar-refractivity contribution in [1.29, 1.82) is 0 Å². The molecule has 0 unspecified atom stereocenters. The third kappa shape index (κ3) is 2.68. The Bertz CT molecular complexity index is 495. The molecule has 0 bridgehead atoms. The highest BCUT2D eigenvalue weighted by atomic mass is 35.5. The van der Waals surface area contributed by atoms with Gasteiger partial charge in [0.1, 0.15) is 0 Å². The van der Waals surface area contributed by atoms with E-state index in [-0.39, 0.29) is 12.4 Å². The second-order valence-electron chi connectivity index (χ2n) is 4.27. The summed E-state index contributed by atoms with van der Waals surface area (Å²) in [4.78, 5) is 4.12. The van der Waals surface area contributed by atoms with E-state index >= 15 is 0 Å². The van der Waals surface area contributed by atoms with E-state index < -0.39 is 0 Å². The molecule has 3 nitrogen and oxygen atoms in total. The molecule has 0 amide bonds. The summed E-state index contributed by atoms with van der Waals surface area (Å²) in [6, 6.07) is 9.05. The molecular formula is C13H16ClN3. The fourth-order valence-corrected chi connectivity index (χ4v) is 2.19. The van der Waals surface area contributed by atoms with E-state index in [9.17, 15) is 0 Å². The zero-order valence-corrected chi connectivity index (χ0v) is 10.3. The molecular weight excluding hydrogens is 234 g/mol. The SMILES string of the molecule is Cl.c1cc2cc(N[C@@H]3CCNC3)ccc2cn1. The summed E-state index contributed by atoms with van der Waals surface area (Å²) in [5.41, 5.74) is 1.20. The van der Waals surface area contributed by atoms with Crippen LogP contribution in [0.2, 0.25) is 0 Å². The summed E-state index contributed by atoms with van der Waals surface area (Å²) in [6.45, 7) is 2.18. The van der Waals surface area contributed by atoms with Gasteiger partial charge in [0.25, 0.3) is 0 Å². The summed E-state index contributed by atoms with van der Waals surface area (Å²) in [6.07, 6.45) is 4.94. The minimum Gasteiger partial charge on any atom is -0.381 e. The second kappa shape index (κ2) is 5.34. The lowest BCUT2D eigenvalue weighted by molar-refractivity contribution is 0.793. The maximum atomic E-state index is 4.12. The number of pyridine rings is 1. The quantitative estimate of drug-likeness (QED) is 0.859. The highest BCUT2D eigenvalue weighted by Gasteiger charge is 2.13. The first kappa shape index (κ1) is 12.1. The van der Waals surface area contributed by atoms with Gasteiger partial charge in [-0.25, -0.2) is 0 Å². The Hall–Kier alpha value is -1.32. The third-order valence-electron chi connectivity index (χ3n) is 3.07. The average molecular weight is 250 g/mol. The number of halogens is 1. The number of nitrogens with one attached hydrogen (secondary N) is 2. The second-order valence-corrected chi connectivity index (χ2v) is 4.27. The van der Waals surface area contributed by atoms with Gasteiger partial charge in [-0.05, 0) is 36.6 Å². The van der Waals surface area contributed by atoms with Crippen LogP contribution >= 0.6 is 12.4 Å². The topological polar surface area (TPSA) is 37.0 Å². The molecule has 1 aliphatic heterocycles. The van der Waals surface area contributed by atoms with Gasteiger partial charge in [0.2, 0.25) is 0 Å². The van der Waals surface area contributed by atoms with Crippen molar-refractivity contribution >= 4 is 28.9 Å². The maximum Gasteiger partial charge on any atom is 0.0398 e. The van der Waals surface area contributed by atoms with E-state index in [2.05, 4.69) is 33.8 Å². The zero-order chi connectivity index (χ0) is 10.8. The minimum absolute atomic E-state index is 0. The van der Waals surface area contributed by atoms with Crippen LogP contribution < -0.4 is 10.6 Å². The van der Waals surface area contributed by atoms with Crippen LogP contribution in [0.25, 0.3) is 10.8 Å². The number of aromatic nitrogens is 1. The van der Waals surface area contributed by atoms with Crippen molar-refractivity contribution in [1.82, 2.24) is 10.3 Å². The molecule has 2 heterocycles. The lowest BCUT2D eigenvalue weighted by atomic mass is 10.1. The summed E-state index contributed by atoms with van der Waals surface area (Å²) >= 11 is 0. The zero-order valence-electron chi connectivity index (χ0n) is 9.52. The van der Waals surface area contributed by atoms with Gasteiger partial charge in [-0.15, -0.1) is 12.4 Å². The summed E-state index contributed by atoms with van der Waals surface area (Å²) < 4.78 is 0. The molecule has 1 aliphatic rings. The first-order chi connectivity index (χ1) is 7.92. The van der Waals surface area contributed by atoms with Crippen molar-refractivity contribution in [3.05, 3.63) is 36.7 Å². The Labute approximate surface area is 107 Å². The number of hydrogen-bond donors (Lipinski definition) is 2. The van der Waals surface area contributed by atoms with E-state index in [4.69, 9.17) is 0 Å². The predicted octanol–water partition coefficient (Wildman–Crippen LogP) is 2.43. The molecule has 0 saturated carbocycles. The standard InChI is InChI=1S/C13H15N3.ClH/c1-2-12(16-13-4-6-15-9-13)7-10-3-5-14-8-11(1)10;/h1-3,5,7-8,13,15-16H,4,6,9H2;1H/t13-;/m1./s1. The molecule has 0 radical (unpaired) electrons.